The Morgan fingerprint density at radius 2 is 0.710 bits per heavy atom. The molecule has 0 radical (unpaired) electrons. The van der Waals surface area contributed by atoms with E-state index in [0.29, 0.717) is 44.9 Å². The van der Waals surface area contributed by atoms with Crippen LogP contribution in [0.5, 0.6) is 0 Å². The minimum absolute atomic E-state index is 0.0456. The van der Waals surface area contributed by atoms with E-state index >= 15 is 4.79 Å². The standard InChI is InChI=1S/C90H172N3O28P3/c1-7-13-19-25-31-35-41-47-53-59-73(113-79(99)61-55-49-43-37-33-27-21-15-9-3)67-77(97)92-83-87(117-81(101)65-71(95)57-51-45-39-29-23-17-11-5)85(103)76(116-90(83)120-122(104,105)106)70-111-89-84(93-78(98)68-74(60-54-48-42-36-32-26-20-14-8-2)114-80(100)62-56-50-44-38-34-28-22-16-10-4)88(118-82(102)66-72(96)58-52-46-40-30-24-18-12-6)86(75(69-94)115-89)119-124(109,110)121-123(107,108)112-64-63-91/h71-76,83-90,94-96,103H,7-70,91H2,1-6H3,(H,92,97)(H,93,98)(H,107,108)(H,109,110)(H2,104,105,106)/t71-,72-,73-,74-,75-,76-,83-,84-,85-,86-,87-,88-,89-,90-/m1/s1. The van der Waals surface area contributed by atoms with Crippen molar-refractivity contribution in [2.75, 3.05) is 26.4 Å². The SMILES string of the molecule is CCCCCCCCCCCC(=O)O[C@H](CCCCCCCCCCC)CC(=O)N[C@H]1[C@H](OC[C@H]2O[C@H](OP(=O)(O)O)[C@H](NC(=O)C[C@@H](CCCCCCCCCCC)OC(=O)CCCCCCCCCCC)[C@@H](OC(=O)C[C@H](O)CCCCCCCCC)[C@@H]2O)O[C@H](CO)[C@@H](OP(=O)(O)OP(=O)(O)OCCN)[C@@H]1OC(=O)C[C@H](O)CCCCCCCCC. The fourth-order valence-electron chi connectivity index (χ4n) is 15.9. The molecule has 31 nitrogen and oxygen atoms in total. The summed E-state index contributed by atoms with van der Waals surface area (Å²) in [6, 6.07) is -4.05. The second-order valence-electron chi connectivity index (χ2n) is 34.6. The second-order valence-corrected chi connectivity index (χ2v) is 38.7. The van der Waals surface area contributed by atoms with Gasteiger partial charge in [-0.25, -0.2) is 13.7 Å². The number of carbonyl (C=O) groups is 6. The normalized spacial score (nSPS) is 21.2. The largest absolute Gasteiger partial charge is 0.481 e. The molecule has 16 atom stereocenters. The first kappa shape index (κ1) is 117. The molecule has 2 unspecified atom stereocenters. The van der Waals surface area contributed by atoms with Crippen LogP contribution in [0, 0.1) is 0 Å². The number of amides is 2. The molecule has 0 aromatic carbocycles. The third kappa shape index (κ3) is 59.3. The van der Waals surface area contributed by atoms with Gasteiger partial charge in [0.2, 0.25) is 11.8 Å². The molecule has 2 aliphatic heterocycles. The van der Waals surface area contributed by atoms with E-state index < -0.39 is 190 Å². The third-order valence-corrected chi connectivity index (χ3v) is 26.1. The van der Waals surface area contributed by atoms with Gasteiger partial charge in [-0.1, -0.05) is 337 Å². The lowest BCUT2D eigenvalue weighted by molar-refractivity contribution is -0.296. The predicted molar refractivity (Wildman–Crippen MR) is 477 cm³/mol. The maximum Gasteiger partial charge on any atom is 0.481 e. The van der Waals surface area contributed by atoms with Gasteiger partial charge in [-0.3, -0.25) is 42.3 Å². The van der Waals surface area contributed by atoms with Crippen molar-refractivity contribution in [3.05, 3.63) is 0 Å². The fourth-order valence-corrected chi connectivity index (χ4v) is 18.6. The Bertz CT molecular complexity index is 2870. The molecule has 0 saturated carbocycles. The third-order valence-electron chi connectivity index (χ3n) is 22.9. The van der Waals surface area contributed by atoms with E-state index in [1.165, 1.54) is 19.3 Å². The van der Waals surface area contributed by atoms with E-state index in [9.17, 15) is 77.7 Å². The Labute approximate surface area is 744 Å². The smallest absolute Gasteiger partial charge is 0.462 e. The molecule has 2 amide bonds. The number of phosphoric ester groups is 3. The van der Waals surface area contributed by atoms with Crippen molar-refractivity contribution in [3.63, 3.8) is 0 Å². The summed E-state index contributed by atoms with van der Waals surface area (Å²) in [5.41, 5.74) is 5.49. The first-order chi connectivity index (χ1) is 59.6. The van der Waals surface area contributed by atoms with Gasteiger partial charge in [0.1, 0.15) is 48.7 Å². The summed E-state index contributed by atoms with van der Waals surface area (Å²) < 4.78 is 104. The molecule has 34 heteroatoms. The van der Waals surface area contributed by atoms with Crippen molar-refractivity contribution in [1.82, 2.24) is 10.6 Å². The molecule has 0 aromatic rings. The molecule has 2 aliphatic rings. The first-order valence-corrected chi connectivity index (χ1v) is 53.2. The van der Waals surface area contributed by atoms with Crippen molar-refractivity contribution in [3.8, 4) is 0 Å². The van der Waals surface area contributed by atoms with Crippen LogP contribution >= 0.6 is 23.5 Å². The Balaban J connectivity index is 2.94. The van der Waals surface area contributed by atoms with Gasteiger partial charge < -0.3 is 89.5 Å². The van der Waals surface area contributed by atoms with Gasteiger partial charge in [-0.15, -0.1) is 0 Å². The monoisotopic (exact) mass is 1840 g/mol. The number of unbranched alkanes of at least 4 members (excludes halogenated alkanes) is 44. The number of aliphatic hydroxyl groups is 4. The maximum absolute atomic E-state index is 15.2. The van der Waals surface area contributed by atoms with E-state index in [1.807, 2.05) is 0 Å². The van der Waals surface area contributed by atoms with Crippen molar-refractivity contribution in [2.45, 2.75) is 512 Å². The lowest BCUT2D eigenvalue weighted by Gasteiger charge is -2.47. The van der Waals surface area contributed by atoms with Crippen LogP contribution in [0.4, 0.5) is 0 Å². The average Bonchev–Trinajstić information content (AvgIpc) is 0.773. The maximum atomic E-state index is 15.2. The number of hydrogen-bond acceptors (Lipinski definition) is 25. The summed E-state index contributed by atoms with van der Waals surface area (Å²) in [7, 11) is -17.3. The highest BCUT2D eigenvalue weighted by Gasteiger charge is 2.56. The zero-order valence-electron chi connectivity index (χ0n) is 77.0. The van der Waals surface area contributed by atoms with Crippen LogP contribution < -0.4 is 16.4 Å². The quantitative estimate of drug-likeness (QED) is 0.0117. The van der Waals surface area contributed by atoms with Gasteiger partial charge in [0.05, 0.1) is 57.7 Å². The molecule has 0 bridgehead atoms. The number of hydrogen-bond donors (Lipinski definition) is 11. The molecule has 2 rings (SSSR count). The van der Waals surface area contributed by atoms with Crippen LogP contribution in [-0.4, -0.2) is 188 Å². The Morgan fingerprint density at radius 3 is 1.06 bits per heavy atom. The number of esters is 4. The lowest BCUT2D eigenvalue weighted by Crippen LogP contribution is -2.68. The summed E-state index contributed by atoms with van der Waals surface area (Å²) >= 11 is 0. The van der Waals surface area contributed by atoms with Crippen LogP contribution in [0.3, 0.4) is 0 Å². The van der Waals surface area contributed by atoms with Crippen LogP contribution in [0.1, 0.15) is 427 Å². The fraction of sp³-hybridized carbons (Fsp3) is 0.933. The van der Waals surface area contributed by atoms with Crippen molar-refractivity contribution < 1.29 is 134 Å². The molecule has 0 aliphatic carbocycles. The topological polar surface area (TPSA) is 467 Å². The Hall–Kier alpha value is -3.13. The predicted octanol–water partition coefficient (Wildman–Crippen LogP) is 18.4. The second kappa shape index (κ2) is 73.4. The zero-order chi connectivity index (χ0) is 91.5. The molecule has 124 heavy (non-hydrogen) atoms. The lowest BCUT2D eigenvalue weighted by atomic mass is 9.95. The number of rotatable bonds is 83. The van der Waals surface area contributed by atoms with Crippen LogP contribution in [0.2, 0.25) is 0 Å². The number of nitrogens with two attached hydrogens (primary N) is 1. The number of phosphoric acid groups is 3. The summed E-state index contributed by atoms with van der Waals surface area (Å²) in [4.78, 5) is 130. The number of nitrogens with one attached hydrogen (secondary N) is 2. The Kier molecular flexibility index (Phi) is 69.3. The number of aliphatic hydroxyl groups excluding tert-OH is 4. The van der Waals surface area contributed by atoms with E-state index in [0.717, 1.165) is 257 Å². The molecular formula is C90H172N3O28P3. The van der Waals surface area contributed by atoms with E-state index in [4.69, 9.17) is 52.5 Å². The number of carbonyl (C=O) groups excluding carboxylic acids is 6. The van der Waals surface area contributed by atoms with Gasteiger partial charge in [0, 0.05) is 19.4 Å². The van der Waals surface area contributed by atoms with Gasteiger partial charge in [0.25, 0.3) is 0 Å². The summed E-state index contributed by atoms with van der Waals surface area (Å²) in [5.74, 6) is -5.33. The summed E-state index contributed by atoms with van der Waals surface area (Å²) in [6.45, 7) is 9.50. The molecule has 2 saturated heterocycles. The highest BCUT2D eigenvalue weighted by molar-refractivity contribution is 7.61. The van der Waals surface area contributed by atoms with E-state index in [2.05, 4.69) is 56.5 Å². The zero-order valence-corrected chi connectivity index (χ0v) is 79.7. The minimum Gasteiger partial charge on any atom is -0.462 e. The first-order valence-electron chi connectivity index (χ1n) is 48.7. The van der Waals surface area contributed by atoms with Gasteiger partial charge in [-0.05, 0) is 51.4 Å². The highest BCUT2D eigenvalue weighted by atomic mass is 31.3. The van der Waals surface area contributed by atoms with Crippen molar-refractivity contribution in [1.29, 1.82) is 0 Å². The van der Waals surface area contributed by atoms with Gasteiger partial charge in [0.15, 0.2) is 24.8 Å². The molecule has 12 N–H and O–H groups in total. The van der Waals surface area contributed by atoms with Crippen LogP contribution in [0.15, 0.2) is 0 Å². The minimum atomic E-state index is -6.01. The van der Waals surface area contributed by atoms with Gasteiger partial charge >= 0.3 is 47.3 Å². The molecule has 2 heterocycles. The van der Waals surface area contributed by atoms with E-state index in [1.54, 1.807) is 0 Å². The Morgan fingerprint density at radius 1 is 0.387 bits per heavy atom. The molecule has 2 fully saturated rings. The average molecular weight is 1840 g/mol. The highest BCUT2D eigenvalue weighted by Crippen LogP contribution is 2.61. The molecule has 0 spiro atoms. The van der Waals surface area contributed by atoms with Crippen molar-refractivity contribution >= 4 is 59.2 Å². The van der Waals surface area contributed by atoms with Crippen LogP contribution in [0.25, 0.3) is 0 Å². The summed E-state index contributed by atoms with van der Waals surface area (Å²) in [5, 5.41) is 52.0. The van der Waals surface area contributed by atoms with E-state index in [-0.39, 0.29) is 45.1 Å². The summed E-state index contributed by atoms with van der Waals surface area (Å²) in [6.07, 6.45) is 23.9. The van der Waals surface area contributed by atoms with Crippen LogP contribution in [-0.2, 0) is 93.5 Å². The molecule has 730 valence electrons. The molecule has 0 aromatic heterocycles. The molecular weight excluding hydrogens is 1660 g/mol. The van der Waals surface area contributed by atoms with Crippen molar-refractivity contribution in [2.24, 2.45) is 5.73 Å². The van der Waals surface area contributed by atoms with Gasteiger partial charge in [-0.2, -0.15) is 4.31 Å². The number of ether oxygens (including phenoxy) is 7.